The van der Waals surface area contributed by atoms with Crippen molar-refractivity contribution in [3.05, 3.63) is 23.4 Å². The predicted octanol–water partition coefficient (Wildman–Crippen LogP) is 1.02. The van der Waals surface area contributed by atoms with E-state index < -0.39 is 0 Å². The van der Waals surface area contributed by atoms with Crippen LogP contribution >= 0.6 is 11.8 Å². The standard InChI is InChI=1S/C11H18N4OS/c1-3-9-6-8(7-10(14-9)15-12)11(16)13-4-5-17-2/h6-7H,3-5,12H2,1-2H3,(H,13,16)(H,14,15). The Morgan fingerprint density at radius 1 is 1.53 bits per heavy atom. The van der Waals surface area contributed by atoms with Crippen LogP contribution in [-0.4, -0.2) is 29.4 Å². The lowest BCUT2D eigenvalue weighted by atomic mass is 10.2. The summed E-state index contributed by atoms with van der Waals surface area (Å²) in [4.78, 5) is 16.1. The van der Waals surface area contributed by atoms with Crippen LogP contribution in [0, 0.1) is 0 Å². The molecule has 0 bridgehead atoms. The van der Waals surface area contributed by atoms with Crippen molar-refractivity contribution < 1.29 is 4.79 Å². The van der Waals surface area contributed by atoms with Crippen LogP contribution in [0.2, 0.25) is 0 Å². The van der Waals surface area contributed by atoms with Crippen LogP contribution in [-0.2, 0) is 6.42 Å². The van der Waals surface area contributed by atoms with Crippen molar-refractivity contribution in [1.29, 1.82) is 0 Å². The van der Waals surface area contributed by atoms with E-state index in [0.717, 1.165) is 17.9 Å². The highest BCUT2D eigenvalue weighted by atomic mass is 32.2. The molecular weight excluding hydrogens is 236 g/mol. The van der Waals surface area contributed by atoms with Gasteiger partial charge in [-0.25, -0.2) is 10.8 Å². The van der Waals surface area contributed by atoms with Crippen molar-refractivity contribution in [3.8, 4) is 0 Å². The number of anilines is 1. The molecule has 1 aromatic heterocycles. The molecule has 1 heterocycles. The molecule has 0 saturated heterocycles. The molecule has 0 saturated carbocycles. The molecule has 1 aromatic rings. The molecule has 1 amide bonds. The Kier molecular flexibility index (Phi) is 5.79. The number of nitrogen functional groups attached to an aromatic ring is 1. The van der Waals surface area contributed by atoms with E-state index >= 15 is 0 Å². The Morgan fingerprint density at radius 2 is 2.29 bits per heavy atom. The molecule has 17 heavy (non-hydrogen) atoms. The van der Waals surface area contributed by atoms with Gasteiger partial charge in [0.2, 0.25) is 0 Å². The van der Waals surface area contributed by atoms with Gasteiger partial charge in [-0.3, -0.25) is 4.79 Å². The van der Waals surface area contributed by atoms with Gasteiger partial charge >= 0.3 is 0 Å². The van der Waals surface area contributed by atoms with Crippen molar-refractivity contribution in [2.45, 2.75) is 13.3 Å². The number of nitrogens with two attached hydrogens (primary N) is 1. The molecule has 0 aliphatic carbocycles. The summed E-state index contributed by atoms with van der Waals surface area (Å²) >= 11 is 1.69. The third-order valence-corrected chi connectivity index (χ3v) is 2.85. The predicted molar refractivity (Wildman–Crippen MR) is 72.1 cm³/mol. The summed E-state index contributed by atoms with van der Waals surface area (Å²) in [5.74, 6) is 6.64. The van der Waals surface area contributed by atoms with E-state index in [0.29, 0.717) is 17.9 Å². The SMILES string of the molecule is CCc1cc(C(=O)NCCSC)cc(NN)n1. The minimum atomic E-state index is -0.0901. The van der Waals surface area contributed by atoms with E-state index in [4.69, 9.17) is 5.84 Å². The van der Waals surface area contributed by atoms with E-state index in [1.807, 2.05) is 13.2 Å². The zero-order chi connectivity index (χ0) is 12.7. The Hall–Kier alpha value is -1.27. The molecule has 6 heteroatoms. The average molecular weight is 254 g/mol. The van der Waals surface area contributed by atoms with Crippen LogP contribution in [0.4, 0.5) is 5.82 Å². The van der Waals surface area contributed by atoms with Crippen LogP contribution in [0.3, 0.4) is 0 Å². The van der Waals surface area contributed by atoms with Crippen molar-refractivity contribution in [3.63, 3.8) is 0 Å². The Bertz CT molecular complexity index is 361. The normalized spacial score (nSPS) is 10.1. The number of hydrogen-bond acceptors (Lipinski definition) is 5. The molecule has 0 aliphatic rings. The number of pyridine rings is 1. The summed E-state index contributed by atoms with van der Waals surface area (Å²) in [5.41, 5.74) is 3.90. The zero-order valence-electron chi connectivity index (χ0n) is 10.1. The summed E-state index contributed by atoms with van der Waals surface area (Å²) in [6.07, 6.45) is 2.77. The summed E-state index contributed by atoms with van der Waals surface area (Å²) in [5, 5.41) is 2.85. The summed E-state index contributed by atoms with van der Waals surface area (Å²) in [7, 11) is 0. The summed E-state index contributed by atoms with van der Waals surface area (Å²) in [6, 6.07) is 3.43. The van der Waals surface area contributed by atoms with Crippen molar-refractivity contribution in [2.75, 3.05) is 24.0 Å². The number of aryl methyl sites for hydroxylation is 1. The minimum Gasteiger partial charge on any atom is -0.351 e. The number of rotatable bonds is 6. The number of carbonyl (C=O) groups excluding carboxylic acids is 1. The first-order chi connectivity index (χ1) is 8.21. The number of thioether (sulfide) groups is 1. The summed E-state index contributed by atoms with van der Waals surface area (Å²) < 4.78 is 0. The molecule has 0 aliphatic heterocycles. The van der Waals surface area contributed by atoms with Gasteiger partial charge in [0.1, 0.15) is 5.82 Å². The van der Waals surface area contributed by atoms with Gasteiger partial charge in [-0.1, -0.05) is 6.92 Å². The van der Waals surface area contributed by atoms with Gasteiger partial charge in [0, 0.05) is 23.6 Å². The van der Waals surface area contributed by atoms with E-state index in [-0.39, 0.29) is 5.91 Å². The van der Waals surface area contributed by atoms with Crippen LogP contribution in [0.5, 0.6) is 0 Å². The fourth-order valence-electron chi connectivity index (χ4n) is 1.34. The highest BCUT2D eigenvalue weighted by Gasteiger charge is 2.08. The maximum absolute atomic E-state index is 11.8. The quantitative estimate of drug-likeness (QED) is 0.401. The molecule has 5 nitrogen and oxygen atoms in total. The smallest absolute Gasteiger partial charge is 0.251 e. The first kappa shape index (κ1) is 13.8. The maximum Gasteiger partial charge on any atom is 0.251 e. The van der Waals surface area contributed by atoms with E-state index in [1.54, 1.807) is 23.9 Å². The monoisotopic (exact) mass is 254 g/mol. The molecule has 4 N–H and O–H groups in total. The van der Waals surface area contributed by atoms with Crippen molar-refractivity contribution in [2.24, 2.45) is 5.84 Å². The Morgan fingerprint density at radius 3 is 2.88 bits per heavy atom. The zero-order valence-corrected chi connectivity index (χ0v) is 10.9. The number of hydrazine groups is 1. The first-order valence-corrected chi connectivity index (χ1v) is 6.85. The van der Waals surface area contributed by atoms with Crippen molar-refractivity contribution >= 4 is 23.5 Å². The molecule has 0 aromatic carbocycles. The van der Waals surface area contributed by atoms with Gasteiger partial charge in [0.25, 0.3) is 5.91 Å². The Balaban J connectivity index is 2.77. The highest BCUT2D eigenvalue weighted by molar-refractivity contribution is 7.98. The van der Waals surface area contributed by atoms with Gasteiger partial charge in [-0.05, 0) is 24.8 Å². The molecule has 0 atom stereocenters. The number of amides is 1. The first-order valence-electron chi connectivity index (χ1n) is 5.46. The molecule has 0 unspecified atom stereocenters. The van der Waals surface area contributed by atoms with Gasteiger partial charge < -0.3 is 10.7 Å². The topological polar surface area (TPSA) is 80.0 Å². The number of nitrogens with one attached hydrogen (secondary N) is 2. The second-order valence-corrected chi connectivity index (χ2v) is 4.46. The highest BCUT2D eigenvalue weighted by Crippen LogP contribution is 2.10. The number of hydrogen-bond donors (Lipinski definition) is 3. The molecular formula is C11H18N4OS. The van der Waals surface area contributed by atoms with Gasteiger partial charge in [-0.15, -0.1) is 0 Å². The van der Waals surface area contributed by atoms with Crippen LogP contribution in [0.1, 0.15) is 23.0 Å². The van der Waals surface area contributed by atoms with Crippen LogP contribution in [0.15, 0.2) is 12.1 Å². The van der Waals surface area contributed by atoms with Gasteiger partial charge in [-0.2, -0.15) is 11.8 Å². The number of carbonyl (C=O) groups is 1. The largest absolute Gasteiger partial charge is 0.351 e. The Labute approximate surface area is 106 Å². The second-order valence-electron chi connectivity index (χ2n) is 3.48. The fourth-order valence-corrected chi connectivity index (χ4v) is 1.65. The maximum atomic E-state index is 11.8. The lowest BCUT2D eigenvalue weighted by Gasteiger charge is -2.08. The van der Waals surface area contributed by atoms with Gasteiger partial charge in [0.05, 0.1) is 0 Å². The second kappa shape index (κ2) is 7.13. The third-order valence-electron chi connectivity index (χ3n) is 2.24. The molecule has 1 rings (SSSR count). The fraction of sp³-hybridized carbons (Fsp3) is 0.455. The van der Waals surface area contributed by atoms with E-state index in [2.05, 4.69) is 15.7 Å². The van der Waals surface area contributed by atoms with Gasteiger partial charge in [0.15, 0.2) is 0 Å². The third kappa shape index (κ3) is 4.24. The van der Waals surface area contributed by atoms with Crippen LogP contribution < -0.4 is 16.6 Å². The minimum absolute atomic E-state index is 0.0901. The van der Waals surface area contributed by atoms with Crippen LogP contribution in [0.25, 0.3) is 0 Å². The molecule has 0 radical (unpaired) electrons. The van der Waals surface area contributed by atoms with E-state index in [9.17, 15) is 4.79 Å². The molecule has 94 valence electrons. The van der Waals surface area contributed by atoms with E-state index in [1.165, 1.54) is 0 Å². The molecule has 0 fully saturated rings. The number of aromatic nitrogens is 1. The lowest BCUT2D eigenvalue weighted by molar-refractivity contribution is 0.0956. The summed E-state index contributed by atoms with van der Waals surface area (Å²) in [6.45, 7) is 2.65. The number of nitrogens with zero attached hydrogens (tertiary/aromatic N) is 1. The lowest BCUT2D eigenvalue weighted by Crippen LogP contribution is -2.26. The molecule has 0 spiro atoms. The van der Waals surface area contributed by atoms with Crippen molar-refractivity contribution in [1.82, 2.24) is 10.3 Å². The average Bonchev–Trinajstić information content (AvgIpc) is 2.38.